The summed E-state index contributed by atoms with van der Waals surface area (Å²) in [6.07, 6.45) is 1.48. The lowest BCUT2D eigenvalue weighted by Gasteiger charge is -2.12. The number of carbonyl (C=O) groups excluding carboxylic acids is 1. The number of hydrogen-bond donors (Lipinski definition) is 2. The van der Waals surface area contributed by atoms with Crippen molar-refractivity contribution in [2.75, 3.05) is 19.0 Å². The summed E-state index contributed by atoms with van der Waals surface area (Å²) in [6, 6.07) is 5.99. The predicted octanol–water partition coefficient (Wildman–Crippen LogP) is 0.428. The normalized spacial score (nSPS) is 11.2. The molecule has 1 amide bonds. The van der Waals surface area contributed by atoms with Gasteiger partial charge in [0.2, 0.25) is 16.0 Å². The van der Waals surface area contributed by atoms with Crippen LogP contribution in [0.1, 0.15) is 21.6 Å². The molecule has 0 bridgehead atoms. The van der Waals surface area contributed by atoms with Crippen LogP contribution in [0.4, 0.5) is 5.95 Å². The lowest BCUT2D eigenvalue weighted by molar-refractivity contribution is 0.0949. The molecule has 0 aliphatic heterocycles. The van der Waals surface area contributed by atoms with E-state index in [0.29, 0.717) is 17.2 Å². The highest BCUT2D eigenvalue weighted by molar-refractivity contribution is 7.89. The Balaban J connectivity index is 2.05. The van der Waals surface area contributed by atoms with E-state index in [1.165, 1.54) is 18.3 Å². The third-order valence-electron chi connectivity index (χ3n) is 3.32. The van der Waals surface area contributed by atoms with Gasteiger partial charge in [-0.2, -0.15) is 0 Å². The van der Waals surface area contributed by atoms with E-state index in [1.807, 2.05) is 14.1 Å². The Morgan fingerprint density at radius 2 is 1.88 bits per heavy atom. The van der Waals surface area contributed by atoms with Crippen LogP contribution in [0.15, 0.2) is 35.4 Å². The molecule has 0 saturated heterocycles. The number of carbonyl (C=O) groups is 1. The maximum Gasteiger partial charge on any atom is 0.254 e. The first-order chi connectivity index (χ1) is 11.2. The fraction of sp³-hybridized carbons (Fsp3) is 0.267. The number of amides is 1. The Labute approximate surface area is 140 Å². The summed E-state index contributed by atoms with van der Waals surface area (Å²) in [6.45, 7) is 1.99. The molecular weight excluding hydrogens is 330 g/mol. The second-order valence-electron chi connectivity index (χ2n) is 5.44. The molecule has 1 heterocycles. The summed E-state index contributed by atoms with van der Waals surface area (Å²) >= 11 is 0. The van der Waals surface area contributed by atoms with Crippen LogP contribution in [-0.4, -0.2) is 38.4 Å². The summed E-state index contributed by atoms with van der Waals surface area (Å²) in [7, 11) is -0.0801. The van der Waals surface area contributed by atoms with E-state index >= 15 is 0 Å². The van der Waals surface area contributed by atoms with E-state index in [0.717, 1.165) is 5.56 Å². The summed E-state index contributed by atoms with van der Waals surface area (Å²) in [5, 5.41) is 7.79. The molecule has 9 heteroatoms. The zero-order valence-electron chi connectivity index (χ0n) is 13.6. The second kappa shape index (κ2) is 6.93. The number of benzene rings is 1. The van der Waals surface area contributed by atoms with Crippen LogP contribution in [0.3, 0.4) is 0 Å². The lowest BCUT2D eigenvalue weighted by Crippen LogP contribution is -2.25. The molecule has 1 aromatic carbocycles. The molecule has 24 heavy (non-hydrogen) atoms. The molecule has 2 rings (SSSR count). The van der Waals surface area contributed by atoms with Gasteiger partial charge < -0.3 is 10.2 Å². The smallest absolute Gasteiger partial charge is 0.254 e. The minimum Gasteiger partial charge on any atom is -0.348 e. The lowest BCUT2D eigenvalue weighted by atomic mass is 10.2. The molecule has 2 aromatic rings. The molecule has 0 saturated carbocycles. The molecule has 0 radical (unpaired) electrons. The van der Waals surface area contributed by atoms with Gasteiger partial charge >= 0.3 is 0 Å². The number of nitrogens with zero attached hydrogens (tertiary/aromatic N) is 3. The van der Waals surface area contributed by atoms with Gasteiger partial charge in [0, 0.05) is 26.8 Å². The first-order valence-electron chi connectivity index (χ1n) is 7.09. The number of aromatic nitrogens is 2. The van der Waals surface area contributed by atoms with Crippen molar-refractivity contribution in [1.82, 2.24) is 15.3 Å². The largest absolute Gasteiger partial charge is 0.348 e. The summed E-state index contributed by atoms with van der Waals surface area (Å²) in [4.78, 5) is 22.4. The number of rotatable bonds is 5. The molecule has 3 N–H and O–H groups in total. The monoisotopic (exact) mass is 349 g/mol. The van der Waals surface area contributed by atoms with Crippen molar-refractivity contribution >= 4 is 21.9 Å². The molecule has 128 valence electrons. The Morgan fingerprint density at radius 1 is 1.25 bits per heavy atom. The van der Waals surface area contributed by atoms with Crippen LogP contribution < -0.4 is 15.4 Å². The van der Waals surface area contributed by atoms with Gasteiger partial charge in [-0.15, -0.1) is 0 Å². The first-order valence-corrected chi connectivity index (χ1v) is 8.64. The molecule has 0 fully saturated rings. The molecule has 0 atom stereocenters. The quantitative estimate of drug-likeness (QED) is 0.808. The molecular formula is C15H19N5O3S. The van der Waals surface area contributed by atoms with Crippen molar-refractivity contribution in [3.05, 3.63) is 47.3 Å². The van der Waals surface area contributed by atoms with E-state index in [-0.39, 0.29) is 17.3 Å². The van der Waals surface area contributed by atoms with Crippen molar-refractivity contribution in [3.8, 4) is 0 Å². The number of nitrogens with two attached hydrogens (primary N) is 1. The van der Waals surface area contributed by atoms with Gasteiger partial charge in [0.15, 0.2) is 0 Å². The summed E-state index contributed by atoms with van der Waals surface area (Å²) in [5.74, 6) is 0.232. The van der Waals surface area contributed by atoms with E-state index < -0.39 is 10.0 Å². The highest BCUT2D eigenvalue weighted by atomic mass is 32.2. The average Bonchev–Trinajstić information content (AvgIpc) is 2.52. The maximum absolute atomic E-state index is 12.2. The number of primary sulfonamides is 1. The summed E-state index contributed by atoms with van der Waals surface area (Å²) < 4.78 is 22.4. The number of nitrogens with one attached hydrogen (secondary N) is 1. The third kappa shape index (κ3) is 4.27. The van der Waals surface area contributed by atoms with Gasteiger partial charge in [-0.1, -0.05) is 12.1 Å². The SMILES string of the molecule is Cc1nc(N(C)C)ncc1C(=O)NCc1ccc(S(N)(=O)=O)cc1. The molecule has 0 aliphatic rings. The number of sulfonamides is 1. The molecule has 8 nitrogen and oxygen atoms in total. The zero-order valence-corrected chi connectivity index (χ0v) is 14.5. The highest BCUT2D eigenvalue weighted by Gasteiger charge is 2.13. The van der Waals surface area contributed by atoms with Gasteiger partial charge in [-0.3, -0.25) is 4.79 Å². The standard InChI is InChI=1S/C15H19N5O3S/c1-10-13(9-18-15(19-10)20(2)3)14(21)17-8-11-4-6-12(7-5-11)24(16,22)23/h4-7,9H,8H2,1-3H3,(H,17,21)(H2,16,22,23). The number of anilines is 1. The van der Waals surface area contributed by atoms with E-state index in [9.17, 15) is 13.2 Å². The molecule has 0 aliphatic carbocycles. The Hall–Kier alpha value is -2.52. The first kappa shape index (κ1) is 17.8. The second-order valence-corrected chi connectivity index (χ2v) is 7.00. The van der Waals surface area contributed by atoms with Crippen molar-refractivity contribution in [2.24, 2.45) is 5.14 Å². The van der Waals surface area contributed by atoms with Crippen LogP contribution >= 0.6 is 0 Å². The number of hydrogen-bond acceptors (Lipinski definition) is 6. The van der Waals surface area contributed by atoms with E-state index in [2.05, 4.69) is 15.3 Å². The van der Waals surface area contributed by atoms with Gasteiger partial charge in [0.25, 0.3) is 5.91 Å². The van der Waals surface area contributed by atoms with Crippen LogP contribution in [-0.2, 0) is 16.6 Å². The Morgan fingerprint density at radius 3 is 2.38 bits per heavy atom. The van der Waals surface area contributed by atoms with Crippen molar-refractivity contribution in [2.45, 2.75) is 18.4 Å². The van der Waals surface area contributed by atoms with Gasteiger partial charge in [0.05, 0.1) is 16.2 Å². The third-order valence-corrected chi connectivity index (χ3v) is 4.25. The molecule has 0 spiro atoms. The molecule has 1 aromatic heterocycles. The highest BCUT2D eigenvalue weighted by Crippen LogP contribution is 2.11. The fourth-order valence-electron chi connectivity index (χ4n) is 1.97. The van der Waals surface area contributed by atoms with Crippen molar-refractivity contribution < 1.29 is 13.2 Å². The van der Waals surface area contributed by atoms with Crippen molar-refractivity contribution in [3.63, 3.8) is 0 Å². The predicted molar refractivity (Wildman–Crippen MR) is 90.1 cm³/mol. The Bertz CT molecular complexity index is 848. The van der Waals surface area contributed by atoms with Crippen LogP contribution in [0.25, 0.3) is 0 Å². The Kier molecular flexibility index (Phi) is 5.15. The van der Waals surface area contributed by atoms with Crippen molar-refractivity contribution in [1.29, 1.82) is 0 Å². The van der Waals surface area contributed by atoms with Gasteiger partial charge in [-0.25, -0.2) is 23.5 Å². The maximum atomic E-state index is 12.2. The topological polar surface area (TPSA) is 118 Å². The van der Waals surface area contributed by atoms with E-state index in [1.54, 1.807) is 24.0 Å². The fourth-order valence-corrected chi connectivity index (χ4v) is 2.48. The zero-order chi connectivity index (χ0) is 17.9. The minimum absolute atomic E-state index is 0.0288. The van der Waals surface area contributed by atoms with Gasteiger partial charge in [0.1, 0.15) is 0 Å². The summed E-state index contributed by atoms with van der Waals surface area (Å²) in [5.41, 5.74) is 1.72. The molecule has 0 unspecified atom stereocenters. The van der Waals surface area contributed by atoms with Gasteiger partial charge in [-0.05, 0) is 24.6 Å². The van der Waals surface area contributed by atoms with Crippen LogP contribution in [0.2, 0.25) is 0 Å². The van der Waals surface area contributed by atoms with Crippen LogP contribution in [0.5, 0.6) is 0 Å². The average molecular weight is 349 g/mol. The van der Waals surface area contributed by atoms with Crippen LogP contribution in [0, 0.1) is 6.92 Å². The number of aryl methyl sites for hydroxylation is 1. The minimum atomic E-state index is -3.72. The van der Waals surface area contributed by atoms with E-state index in [4.69, 9.17) is 5.14 Å².